The van der Waals surface area contributed by atoms with Gasteiger partial charge in [-0.1, -0.05) is 43.3 Å². The Morgan fingerprint density at radius 3 is 2.58 bits per heavy atom. The summed E-state index contributed by atoms with van der Waals surface area (Å²) in [4.78, 5) is 14.4. The quantitative estimate of drug-likeness (QED) is 0.455. The molecule has 1 heterocycles. The highest BCUT2D eigenvalue weighted by molar-refractivity contribution is 7.99. The third kappa shape index (κ3) is 5.62. The Bertz CT molecular complexity index is 1200. The molecule has 0 atom stereocenters. The van der Waals surface area contributed by atoms with Crippen LogP contribution in [0, 0.1) is 6.92 Å². The Labute approximate surface area is 188 Å². The highest BCUT2D eigenvalue weighted by Gasteiger charge is 2.19. The van der Waals surface area contributed by atoms with Gasteiger partial charge in [0.05, 0.1) is 18.4 Å². The Morgan fingerprint density at radius 2 is 1.90 bits per heavy atom. The van der Waals surface area contributed by atoms with Crippen LogP contribution in [0.2, 0.25) is 0 Å². The Hall–Kier alpha value is -2.45. The fraction of sp³-hybridized carbons (Fsp3) is 0.348. The van der Waals surface area contributed by atoms with Crippen LogP contribution >= 0.6 is 11.8 Å². The highest BCUT2D eigenvalue weighted by atomic mass is 32.2. The first-order chi connectivity index (χ1) is 14.7. The van der Waals surface area contributed by atoms with Gasteiger partial charge in [0.1, 0.15) is 6.54 Å². The van der Waals surface area contributed by atoms with Gasteiger partial charge in [-0.3, -0.25) is 9.52 Å². The molecule has 3 aromatic rings. The molecule has 0 bridgehead atoms. The Kier molecular flexibility index (Phi) is 7.33. The highest BCUT2D eigenvalue weighted by Crippen LogP contribution is 2.40. The van der Waals surface area contributed by atoms with E-state index in [1.54, 1.807) is 24.8 Å². The molecule has 0 amide bonds. The van der Waals surface area contributed by atoms with Crippen molar-refractivity contribution in [2.75, 3.05) is 17.6 Å². The van der Waals surface area contributed by atoms with Crippen LogP contribution in [0.15, 0.2) is 52.3 Å². The first kappa shape index (κ1) is 23.2. The lowest BCUT2D eigenvalue weighted by molar-refractivity contribution is -0.143. The number of carbonyl (C=O) groups excluding carboxylic acids is 1. The summed E-state index contributed by atoms with van der Waals surface area (Å²) in [5, 5.41) is 0.895. The number of benzene rings is 2. The number of fused-ring (bicyclic) bond motifs is 1. The smallest absolute Gasteiger partial charge is 0.325 e. The summed E-state index contributed by atoms with van der Waals surface area (Å²) in [5.41, 5.74) is 3.56. The SMILES string of the molecule is CCCc1ccccc1Sc1c(C)n(CC(=O)OCC)c2ccc(NS(C)(=O)=O)cc12. The van der Waals surface area contributed by atoms with Gasteiger partial charge in [0, 0.05) is 26.6 Å². The number of nitrogens with one attached hydrogen (secondary N) is 1. The first-order valence-corrected chi connectivity index (χ1v) is 13.0. The van der Waals surface area contributed by atoms with Crippen molar-refractivity contribution in [2.45, 2.75) is 49.9 Å². The van der Waals surface area contributed by atoms with E-state index in [4.69, 9.17) is 4.74 Å². The third-order valence-corrected chi connectivity index (χ3v) is 6.81. The molecular weight excluding hydrogens is 432 g/mol. The van der Waals surface area contributed by atoms with E-state index in [0.717, 1.165) is 45.5 Å². The zero-order valence-electron chi connectivity index (χ0n) is 18.3. The van der Waals surface area contributed by atoms with Crippen LogP contribution in [0.25, 0.3) is 10.9 Å². The number of hydrogen-bond donors (Lipinski definition) is 1. The van der Waals surface area contributed by atoms with E-state index >= 15 is 0 Å². The number of rotatable bonds is 9. The van der Waals surface area contributed by atoms with Crippen molar-refractivity contribution in [3.8, 4) is 0 Å². The zero-order chi connectivity index (χ0) is 22.6. The number of nitrogens with zero attached hydrogens (tertiary/aromatic N) is 1. The molecule has 2 aromatic carbocycles. The van der Waals surface area contributed by atoms with E-state index in [9.17, 15) is 13.2 Å². The molecule has 0 aliphatic rings. The zero-order valence-corrected chi connectivity index (χ0v) is 19.9. The van der Waals surface area contributed by atoms with Crippen LogP contribution in [0.5, 0.6) is 0 Å². The fourth-order valence-corrected chi connectivity index (χ4v) is 5.34. The summed E-state index contributed by atoms with van der Waals surface area (Å²) >= 11 is 1.65. The molecule has 0 saturated carbocycles. The lowest BCUT2D eigenvalue weighted by atomic mass is 10.1. The maximum absolute atomic E-state index is 12.2. The van der Waals surface area contributed by atoms with E-state index < -0.39 is 10.0 Å². The molecule has 3 rings (SSSR count). The largest absolute Gasteiger partial charge is 0.465 e. The minimum Gasteiger partial charge on any atom is -0.465 e. The van der Waals surface area contributed by atoms with Crippen molar-refractivity contribution < 1.29 is 17.9 Å². The van der Waals surface area contributed by atoms with Crippen LogP contribution in [0.4, 0.5) is 5.69 Å². The standard InChI is InChI=1S/C23H28N2O4S2/c1-5-9-17-10-7-8-11-21(17)30-23-16(3)25(15-22(26)29-6-2)20-13-12-18(14-19(20)23)24-31(4,27)28/h7-8,10-14,24H,5-6,9,15H2,1-4H3. The maximum Gasteiger partial charge on any atom is 0.325 e. The van der Waals surface area contributed by atoms with E-state index in [1.807, 2.05) is 35.8 Å². The topological polar surface area (TPSA) is 77.4 Å². The summed E-state index contributed by atoms with van der Waals surface area (Å²) < 4.78 is 33.1. The van der Waals surface area contributed by atoms with Crippen LogP contribution < -0.4 is 4.72 Å². The van der Waals surface area contributed by atoms with Gasteiger partial charge in [0.25, 0.3) is 0 Å². The second-order valence-corrected chi connectivity index (χ2v) is 10.2. The number of carbonyl (C=O) groups is 1. The molecule has 8 heteroatoms. The van der Waals surface area contributed by atoms with Crippen LogP contribution in [0.3, 0.4) is 0 Å². The van der Waals surface area contributed by atoms with Crippen LogP contribution in [-0.2, 0) is 32.5 Å². The summed E-state index contributed by atoms with van der Waals surface area (Å²) in [6.07, 6.45) is 3.15. The second kappa shape index (κ2) is 9.78. The average molecular weight is 461 g/mol. The van der Waals surface area contributed by atoms with Crippen molar-refractivity contribution in [1.82, 2.24) is 4.57 Å². The molecule has 0 saturated heterocycles. The van der Waals surface area contributed by atoms with E-state index in [2.05, 4.69) is 23.8 Å². The first-order valence-electron chi connectivity index (χ1n) is 10.3. The third-order valence-electron chi connectivity index (χ3n) is 4.87. The molecule has 6 nitrogen and oxygen atoms in total. The van der Waals surface area contributed by atoms with E-state index in [1.165, 1.54) is 5.56 Å². The summed E-state index contributed by atoms with van der Waals surface area (Å²) in [6.45, 7) is 6.35. The fourth-order valence-electron chi connectivity index (χ4n) is 3.59. The van der Waals surface area contributed by atoms with E-state index in [0.29, 0.717) is 12.3 Å². The van der Waals surface area contributed by atoms with E-state index in [-0.39, 0.29) is 12.5 Å². The molecule has 0 spiro atoms. The van der Waals surface area contributed by atoms with Crippen molar-refractivity contribution in [2.24, 2.45) is 0 Å². The van der Waals surface area contributed by atoms with Crippen molar-refractivity contribution in [3.63, 3.8) is 0 Å². The number of hydrogen-bond acceptors (Lipinski definition) is 5. The Morgan fingerprint density at radius 1 is 1.16 bits per heavy atom. The van der Waals surface area contributed by atoms with Gasteiger partial charge in [0.15, 0.2) is 0 Å². The molecular formula is C23H28N2O4S2. The van der Waals surface area contributed by atoms with Gasteiger partial charge in [-0.2, -0.15) is 0 Å². The summed E-state index contributed by atoms with van der Waals surface area (Å²) in [6, 6.07) is 13.7. The summed E-state index contributed by atoms with van der Waals surface area (Å²) in [5.74, 6) is -0.302. The lowest BCUT2D eigenvalue weighted by Gasteiger charge is -2.10. The van der Waals surface area contributed by atoms with Crippen molar-refractivity contribution in [1.29, 1.82) is 0 Å². The Balaban J connectivity index is 2.14. The van der Waals surface area contributed by atoms with Crippen LogP contribution in [-0.4, -0.2) is 31.8 Å². The molecule has 0 radical (unpaired) electrons. The number of aryl methyl sites for hydroxylation is 1. The molecule has 1 aromatic heterocycles. The number of ether oxygens (including phenoxy) is 1. The van der Waals surface area contributed by atoms with Gasteiger partial charge in [0.2, 0.25) is 10.0 Å². The number of esters is 1. The molecule has 1 N–H and O–H groups in total. The van der Waals surface area contributed by atoms with Crippen LogP contribution in [0.1, 0.15) is 31.5 Å². The summed E-state index contributed by atoms with van der Waals surface area (Å²) in [7, 11) is -3.40. The molecule has 31 heavy (non-hydrogen) atoms. The second-order valence-electron chi connectivity index (χ2n) is 7.37. The monoisotopic (exact) mass is 460 g/mol. The lowest BCUT2D eigenvalue weighted by Crippen LogP contribution is -2.14. The predicted molar refractivity (Wildman–Crippen MR) is 126 cm³/mol. The minimum atomic E-state index is -3.40. The molecule has 0 aliphatic heterocycles. The van der Waals surface area contributed by atoms with Gasteiger partial charge in [-0.25, -0.2) is 8.42 Å². The minimum absolute atomic E-state index is 0.103. The van der Waals surface area contributed by atoms with Gasteiger partial charge in [-0.05, 0) is 50.1 Å². The number of sulfonamides is 1. The number of anilines is 1. The maximum atomic E-state index is 12.2. The molecule has 0 unspecified atom stereocenters. The average Bonchev–Trinajstić information content (AvgIpc) is 2.94. The molecule has 0 aliphatic carbocycles. The number of aromatic nitrogens is 1. The van der Waals surface area contributed by atoms with Gasteiger partial charge >= 0.3 is 5.97 Å². The normalized spacial score (nSPS) is 11.6. The molecule has 0 fully saturated rings. The predicted octanol–water partition coefficient (Wildman–Crippen LogP) is 4.99. The van der Waals surface area contributed by atoms with Gasteiger partial charge in [-0.15, -0.1) is 0 Å². The van der Waals surface area contributed by atoms with Gasteiger partial charge < -0.3 is 9.30 Å². The molecule has 166 valence electrons. The van der Waals surface area contributed by atoms with Crippen molar-refractivity contribution in [3.05, 3.63) is 53.7 Å². The van der Waals surface area contributed by atoms with Crippen molar-refractivity contribution >= 4 is 44.3 Å².